The number of aromatic amines is 1. The summed E-state index contributed by atoms with van der Waals surface area (Å²) in [6.45, 7) is 7.35. The first-order chi connectivity index (χ1) is 12.7. The molecule has 0 saturated carbocycles. The Labute approximate surface area is 158 Å². The van der Waals surface area contributed by atoms with Crippen LogP contribution in [0.2, 0.25) is 0 Å². The zero-order valence-corrected chi connectivity index (χ0v) is 16.2. The van der Waals surface area contributed by atoms with Gasteiger partial charge in [-0.25, -0.2) is 14.2 Å². The Morgan fingerprint density at radius 2 is 2.15 bits per heavy atom. The van der Waals surface area contributed by atoms with E-state index in [0.29, 0.717) is 13.1 Å². The predicted octanol–water partition coefficient (Wildman–Crippen LogP) is 3.76. The molecule has 1 unspecified atom stereocenters. The molecular formula is C20H26FN5O. The number of rotatable bonds is 5. The fourth-order valence-corrected chi connectivity index (χ4v) is 2.98. The Kier molecular flexibility index (Phi) is 5.21. The number of halogens is 1. The maximum Gasteiger partial charge on any atom is 0.317 e. The average molecular weight is 371 g/mol. The van der Waals surface area contributed by atoms with Crippen molar-refractivity contribution < 1.29 is 9.18 Å². The number of aromatic nitrogens is 3. The van der Waals surface area contributed by atoms with E-state index in [2.05, 4.69) is 36.1 Å². The first-order valence-electron chi connectivity index (χ1n) is 8.97. The Morgan fingerprint density at radius 3 is 2.81 bits per heavy atom. The van der Waals surface area contributed by atoms with Crippen LogP contribution in [-0.4, -0.2) is 38.6 Å². The number of fused-ring (bicyclic) bond motifs is 1. The third-order valence-electron chi connectivity index (χ3n) is 4.69. The molecule has 0 aliphatic rings. The van der Waals surface area contributed by atoms with Gasteiger partial charge in [0.25, 0.3) is 0 Å². The van der Waals surface area contributed by atoms with Crippen molar-refractivity contribution in [2.24, 2.45) is 5.41 Å². The van der Waals surface area contributed by atoms with Crippen molar-refractivity contribution in [1.29, 1.82) is 0 Å². The van der Waals surface area contributed by atoms with E-state index in [1.54, 1.807) is 30.5 Å². The maximum atomic E-state index is 13.4. The first-order valence-corrected chi connectivity index (χ1v) is 8.97. The minimum Gasteiger partial charge on any atom is -0.357 e. The van der Waals surface area contributed by atoms with Crippen molar-refractivity contribution in [3.63, 3.8) is 0 Å². The van der Waals surface area contributed by atoms with Gasteiger partial charge in [0.05, 0.1) is 18.9 Å². The molecule has 2 amide bonds. The number of imidazole rings is 1. The van der Waals surface area contributed by atoms with Gasteiger partial charge in [0, 0.05) is 42.6 Å². The quantitative estimate of drug-likeness (QED) is 0.717. The van der Waals surface area contributed by atoms with E-state index in [4.69, 9.17) is 0 Å². The second kappa shape index (κ2) is 7.42. The second-order valence-electron chi connectivity index (χ2n) is 8.01. The van der Waals surface area contributed by atoms with Crippen LogP contribution in [0.1, 0.15) is 26.5 Å². The lowest BCUT2D eigenvalue weighted by Gasteiger charge is -2.33. The number of carbonyl (C=O) groups is 1. The Bertz CT molecular complexity index is 910. The molecule has 1 aromatic carbocycles. The molecule has 3 aromatic rings. The summed E-state index contributed by atoms with van der Waals surface area (Å²) in [5.41, 5.74) is 1.60. The molecule has 0 fully saturated rings. The highest BCUT2D eigenvalue weighted by Gasteiger charge is 2.27. The number of hydrogen-bond acceptors (Lipinski definition) is 2. The van der Waals surface area contributed by atoms with Crippen molar-refractivity contribution in [2.45, 2.75) is 39.9 Å². The van der Waals surface area contributed by atoms with Gasteiger partial charge in [0.15, 0.2) is 0 Å². The molecule has 0 aliphatic heterocycles. The van der Waals surface area contributed by atoms with Crippen LogP contribution >= 0.6 is 0 Å². The summed E-state index contributed by atoms with van der Waals surface area (Å²) >= 11 is 0. The third-order valence-corrected chi connectivity index (χ3v) is 4.69. The van der Waals surface area contributed by atoms with Gasteiger partial charge in [-0.05, 0) is 29.7 Å². The minimum atomic E-state index is -0.272. The van der Waals surface area contributed by atoms with Gasteiger partial charge >= 0.3 is 6.03 Å². The molecule has 0 saturated heterocycles. The first kappa shape index (κ1) is 18.9. The number of nitrogens with one attached hydrogen (secondary N) is 2. The van der Waals surface area contributed by atoms with Gasteiger partial charge in [0.1, 0.15) is 5.82 Å². The minimum absolute atomic E-state index is 0.0570. The number of nitrogens with zero attached hydrogens (tertiary/aromatic N) is 3. The van der Waals surface area contributed by atoms with Crippen LogP contribution in [-0.2, 0) is 13.1 Å². The molecule has 27 heavy (non-hydrogen) atoms. The molecule has 0 bridgehead atoms. The summed E-state index contributed by atoms with van der Waals surface area (Å²) in [5, 5.41) is 3.92. The average Bonchev–Trinajstić information content (AvgIpc) is 3.21. The lowest BCUT2D eigenvalue weighted by Crippen LogP contribution is -2.50. The van der Waals surface area contributed by atoms with Crippen LogP contribution in [0.4, 0.5) is 9.18 Å². The molecule has 2 aromatic heterocycles. The van der Waals surface area contributed by atoms with Crippen molar-refractivity contribution >= 4 is 16.9 Å². The molecule has 6 nitrogen and oxygen atoms in total. The Hall–Kier alpha value is -2.83. The summed E-state index contributed by atoms with van der Waals surface area (Å²) in [5.74, 6) is -0.272. The summed E-state index contributed by atoms with van der Waals surface area (Å²) in [6, 6.07) is 6.27. The van der Waals surface area contributed by atoms with Crippen molar-refractivity contribution in [3.8, 4) is 0 Å². The molecule has 7 heteroatoms. The summed E-state index contributed by atoms with van der Waals surface area (Å²) < 4.78 is 15.3. The van der Waals surface area contributed by atoms with Crippen LogP contribution in [0.3, 0.4) is 0 Å². The van der Waals surface area contributed by atoms with E-state index >= 15 is 0 Å². The molecule has 1 atom stereocenters. The van der Waals surface area contributed by atoms with Crippen molar-refractivity contribution in [3.05, 3.63) is 54.5 Å². The molecule has 0 radical (unpaired) electrons. The van der Waals surface area contributed by atoms with E-state index in [-0.39, 0.29) is 23.3 Å². The molecule has 144 valence electrons. The van der Waals surface area contributed by atoms with Gasteiger partial charge in [-0.1, -0.05) is 20.8 Å². The second-order valence-corrected chi connectivity index (χ2v) is 8.01. The molecule has 0 spiro atoms. The van der Waals surface area contributed by atoms with Crippen molar-refractivity contribution in [1.82, 2.24) is 24.8 Å². The predicted molar refractivity (Wildman–Crippen MR) is 104 cm³/mol. The smallest absolute Gasteiger partial charge is 0.317 e. The number of amides is 2. The SMILES string of the molecule is CN(Cc1cc2cc(F)ccc2[nH]1)C(=O)NC(Cn1ccnc1)C(C)(C)C. The van der Waals surface area contributed by atoms with Gasteiger partial charge in [0.2, 0.25) is 0 Å². The number of hydrogen-bond donors (Lipinski definition) is 2. The van der Waals surface area contributed by atoms with Gasteiger partial charge in [-0.3, -0.25) is 0 Å². The molecular weight excluding hydrogens is 345 g/mol. The zero-order valence-electron chi connectivity index (χ0n) is 16.2. The van der Waals surface area contributed by atoms with E-state index < -0.39 is 0 Å². The molecule has 3 rings (SSSR count). The van der Waals surface area contributed by atoms with Gasteiger partial charge < -0.3 is 19.8 Å². The zero-order chi connectivity index (χ0) is 19.6. The van der Waals surface area contributed by atoms with Gasteiger partial charge in [-0.15, -0.1) is 0 Å². The standard InChI is InChI=1S/C20H26FN5O/c1-20(2,3)18(12-26-8-7-22-13-26)24-19(27)25(4)11-16-10-14-9-15(21)5-6-17(14)23-16/h5-10,13,18,23H,11-12H2,1-4H3,(H,24,27). The summed E-state index contributed by atoms with van der Waals surface area (Å²) in [4.78, 5) is 21.6. The molecule has 2 heterocycles. The third kappa shape index (κ3) is 4.67. The van der Waals surface area contributed by atoms with Crippen LogP contribution in [0.25, 0.3) is 10.9 Å². The van der Waals surface area contributed by atoms with E-state index in [9.17, 15) is 9.18 Å². The van der Waals surface area contributed by atoms with E-state index in [0.717, 1.165) is 16.6 Å². The fourth-order valence-electron chi connectivity index (χ4n) is 2.98. The monoisotopic (exact) mass is 371 g/mol. The lowest BCUT2D eigenvalue weighted by molar-refractivity contribution is 0.181. The largest absolute Gasteiger partial charge is 0.357 e. The van der Waals surface area contributed by atoms with Crippen LogP contribution < -0.4 is 5.32 Å². The van der Waals surface area contributed by atoms with E-state index in [1.165, 1.54) is 12.1 Å². The molecule has 2 N–H and O–H groups in total. The van der Waals surface area contributed by atoms with Crippen LogP contribution in [0, 0.1) is 11.2 Å². The number of H-pyrrole nitrogens is 1. The lowest BCUT2D eigenvalue weighted by atomic mass is 9.86. The Balaban J connectivity index is 1.67. The fraction of sp³-hybridized carbons (Fsp3) is 0.400. The highest BCUT2D eigenvalue weighted by atomic mass is 19.1. The molecule has 0 aliphatic carbocycles. The van der Waals surface area contributed by atoms with Crippen LogP contribution in [0.5, 0.6) is 0 Å². The van der Waals surface area contributed by atoms with Gasteiger partial charge in [-0.2, -0.15) is 0 Å². The van der Waals surface area contributed by atoms with Crippen molar-refractivity contribution in [2.75, 3.05) is 7.05 Å². The number of urea groups is 1. The van der Waals surface area contributed by atoms with E-state index in [1.807, 2.05) is 16.8 Å². The summed E-state index contributed by atoms with van der Waals surface area (Å²) in [7, 11) is 1.75. The van der Waals surface area contributed by atoms with Crippen LogP contribution in [0.15, 0.2) is 43.0 Å². The number of carbonyl (C=O) groups excluding carboxylic acids is 1. The number of benzene rings is 1. The highest BCUT2D eigenvalue weighted by molar-refractivity contribution is 5.80. The Morgan fingerprint density at radius 1 is 1.37 bits per heavy atom. The normalized spacial score (nSPS) is 12.9. The maximum absolute atomic E-state index is 13.4. The topological polar surface area (TPSA) is 66.0 Å². The summed E-state index contributed by atoms with van der Waals surface area (Å²) in [6.07, 6.45) is 5.36. The highest BCUT2D eigenvalue weighted by Crippen LogP contribution is 2.21.